The Kier molecular flexibility index (Phi) is 8.02. The number of carbonyl (C=O) groups excluding carboxylic acids is 3. The van der Waals surface area contributed by atoms with E-state index in [4.69, 9.17) is 10.3 Å². The highest BCUT2D eigenvalue weighted by Gasteiger charge is 2.38. The number of nitrogens with two attached hydrogens (primary N) is 1. The summed E-state index contributed by atoms with van der Waals surface area (Å²) in [5.74, 6) is 0.611. The smallest absolute Gasteiger partial charge is 0.316 e. The van der Waals surface area contributed by atoms with Crippen LogP contribution in [0.3, 0.4) is 0 Å². The van der Waals surface area contributed by atoms with E-state index in [0.717, 1.165) is 44.1 Å². The van der Waals surface area contributed by atoms with E-state index in [1.165, 1.54) is 6.92 Å². The molecule has 1 aromatic heterocycles. The summed E-state index contributed by atoms with van der Waals surface area (Å²) in [5.41, 5.74) is 5.98. The Labute approximate surface area is 193 Å². The summed E-state index contributed by atoms with van der Waals surface area (Å²) >= 11 is 0. The summed E-state index contributed by atoms with van der Waals surface area (Å²) < 4.78 is 5.41. The minimum Gasteiger partial charge on any atom is -0.351 e. The molecule has 0 radical (unpaired) electrons. The van der Waals surface area contributed by atoms with Gasteiger partial charge in [-0.1, -0.05) is 43.0 Å². The number of amides is 4. The topological polar surface area (TPSA) is 152 Å². The van der Waals surface area contributed by atoms with E-state index in [1.807, 2.05) is 19.1 Å². The minimum atomic E-state index is -0.629. The number of aryl methyl sites for hydroxylation is 1. The molecule has 10 heteroatoms. The van der Waals surface area contributed by atoms with Gasteiger partial charge in [0.15, 0.2) is 5.82 Å². The van der Waals surface area contributed by atoms with E-state index in [9.17, 15) is 14.4 Å². The van der Waals surface area contributed by atoms with Crippen molar-refractivity contribution in [1.29, 1.82) is 0 Å². The fourth-order valence-electron chi connectivity index (χ4n) is 4.24. The van der Waals surface area contributed by atoms with Gasteiger partial charge in [-0.15, -0.1) is 0 Å². The second-order valence-corrected chi connectivity index (χ2v) is 8.59. The first-order chi connectivity index (χ1) is 15.8. The van der Waals surface area contributed by atoms with Crippen LogP contribution in [0.25, 0.3) is 0 Å². The van der Waals surface area contributed by atoms with Crippen molar-refractivity contribution in [1.82, 2.24) is 20.8 Å². The maximum absolute atomic E-state index is 12.4. The van der Waals surface area contributed by atoms with Crippen LogP contribution in [0.2, 0.25) is 0 Å². The molecule has 2 aromatic rings. The lowest BCUT2D eigenvalue weighted by Crippen LogP contribution is -2.45. The number of nitrogens with one attached hydrogen (secondary N) is 3. The number of hydrogen-bond donors (Lipinski definition) is 4. The number of urea groups is 1. The summed E-state index contributed by atoms with van der Waals surface area (Å²) in [6.07, 6.45) is 6.27. The summed E-state index contributed by atoms with van der Waals surface area (Å²) in [4.78, 5) is 39.7. The highest BCUT2D eigenvalue weighted by atomic mass is 16.5. The molecule has 1 aromatic carbocycles. The molecular formula is C23H32N6O4. The lowest BCUT2D eigenvalue weighted by atomic mass is 9.89. The molecule has 1 aliphatic carbocycles. The number of hydrogen-bond acceptors (Lipinski definition) is 6. The van der Waals surface area contributed by atoms with Crippen LogP contribution in [-0.2, 0) is 21.5 Å². The number of carbonyl (C=O) groups is 3. The van der Waals surface area contributed by atoms with Crippen LogP contribution in [0, 0.1) is 0 Å². The second-order valence-electron chi connectivity index (χ2n) is 8.59. The predicted octanol–water partition coefficient (Wildman–Crippen LogP) is 3.06. The summed E-state index contributed by atoms with van der Waals surface area (Å²) in [6, 6.07) is 6.23. The first-order valence-electron chi connectivity index (χ1n) is 11.3. The summed E-state index contributed by atoms with van der Waals surface area (Å²) in [5, 5.41) is 12.6. The molecule has 1 heterocycles. The number of primary amides is 1. The van der Waals surface area contributed by atoms with Crippen LogP contribution >= 0.6 is 0 Å². The van der Waals surface area contributed by atoms with Crippen molar-refractivity contribution in [2.45, 2.75) is 76.8 Å². The molecule has 3 rings (SSSR count). The average molecular weight is 457 g/mol. The molecule has 10 nitrogen and oxygen atoms in total. The standard InChI is InChI=1S/C23H32N6O4/c1-15(17-7-9-18(10-8-17)26-22(24)32)25-19(31)11-12-20-27-21(29-33-20)23(28-16(2)30)13-5-3-4-6-14-23/h7-10,15H,3-6,11-14H2,1-2H3,(H,25,31)(H,28,30)(H3,24,26,32). The van der Waals surface area contributed by atoms with Crippen LogP contribution in [0.4, 0.5) is 10.5 Å². The number of benzene rings is 1. The van der Waals surface area contributed by atoms with Gasteiger partial charge < -0.3 is 26.2 Å². The Morgan fingerprint density at radius 3 is 2.39 bits per heavy atom. The zero-order chi connectivity index (χ0) is 23.8. The number of nitrogens with zero attached hydrogens (tertiary/aromatic N) is 2. The Balaban J connectivity index is 1.56. The first-order valence-corrected chi connectivity index (χ1v) is 11.3. The molecule has 0 bridgehead atoms. The van der Waals surface area contributed by atoms with Gasteiger partial charge in [0.2, 0.25) is 17.7 Å². The normalized spacial score (nSPS) is 16.3. The van der Waals surface area contributed by atoms with Crippen molar-refractivity contribution in [3.05, 3.63) is 41.5 Å². The van der Waals surface area contributed by atoms with Gasteiger partial charge in [-0.05, 0) is 37.5 Å². The number of anilines is 1. The largest absolute Gasteiger partial charge is 0.351 e. The Morgan fingerprint density at radius 2 is 1.79 bits per heavy atom. The van der Waals surface area contributed by atoms with Crippen LogP contribution in [0.1, 0.15) is 82.1 Å². The molecule has 0 saturated heterocycles. The second kappa shape index (κ2) is 10.9. The molecule has 1 aliphatic rings. The van der Waals surface area contributed by atoms with Crippen molar-refractivity contribution in [2.75, 3.05) is 5.32 Å². The van der Waals surface area contributed by atoms with Gasteiger partial charge in [0.05, 0.1) is 6.04 Å². The third-order valence-corrected chi connectivity index (χ3v) is 5.89. The fourth-order valence-corrected chi connectivity index (χ4v) is 4.24. The average Bonchev–Trinajstić information content (AvgIpc) is 3.12. The van der Waals surface area contributed by atoms with Gasteiger partial charge in [0.1, 0.15) is 5.54 Å². The third-order valence-electron chi connectivity index (χ3n) is 5.89. The third kappa shape index (κ3) is 6.77. The zero-order valence-corrected chi connectivity index (χ0v) is 19.1. The predicted molar refractivity (Wildman–Crippen MR) is 122 cm³/mol. The first kappa shape index (κ1) is 24.2. The van der Waals surface area contributed by atoms with E-state index in [0.29, 0.717) is 23.8 Å². The molecule has 1 saturated carbocycles. The SMILES string of the molecule is CC(=O)NC1(c2noc(CCC(=O)NC(C)c3ccc(NC(N)=O)cc3)n2)CCCCCC1. The monoisotopic (exact) mass is 456 g/mol. The van der Waals surface area contributed by atoms with E-state index >= 15 is 0 Å². The van der Waals surface area contributed by atoms with Crippen LogP contribution in [0.5, 0.6) is 0 Å². The van der Waals surface area contributed by atoms with Gasteiger partial charge >= 0.3 is 6.03 Å². The van der Waals surface area contributed by atoms with E-state index < -0.39 is 11.6 Å². The van der Waals surface area contributed by atoms with E-state index in [-0.39, 0.29) is 24.3 Å². The highest BCUT2D eigenvalue weighted by Crippen LogP contribution is 2.34. The highest BCUT2D eigenvalue weighted by molar-refractivity contribution is 5.87. The van der Waals surface area contributed by atoms with Crippen molar-refractivity contribution in [3.63, 3.8) is 0 Å². The molecule has 1 unspecified atom stereocenters. The number of rotatable bonds is 8. The Morgan fingerprint density at radius 1 is 1.12 bits per heavy atom. The summed E-state index contributed by atoms with van der Waals surface area (Å²) in [7, 11) is 0. The quantitative estimate of drug-likeness (QED) is 0.448. The Bertz CT molecular complexity index is 964. The van der Waals surface area contributed by atoms with E-state index in [1.54, 1.807) is 12.1 Å². The molecular weight excluding hydrogens is 424 g/mol. The molecule has 33 heavy (non-hydrogen) atoms. The molecule has 178 valence electrons. The van der Waals surface area contributed by atoms with Crippen molar-refractivity contribution in [3.8, 4) is 0 Å². The molecule has 5 N–H and O–H groups in total. The van der Waals surface area contributed by atoms with E-state index in [2.05, 4.69) is 26.1 Å². The van der Waals surface area contributed by atoms with Crippen LogP contribution in [-0.4, -0.2) is 28.0 Å². The lowest BCUT2D eigenvalue weighted by molar-refractivity contribution is -0.122. The van der Waals surface area contributed by atoms with Crippen molar-refractivity contribution in [2.24, 2.45) is 5.73 Å². The molecule has 0 spiro atoms. The van der Waals surface area contributed by atoms with Gasteiger partial charge in [-0.25, -0.2) is 4.79 Å². The molecule has 1 fully saturated rings. The maximum atomic E-state index is 12.4. The maximum Gasteiger partial charge on any atom is 0.316 e. The van der Waals surface area contributed by atoms with Crippen LogP contribution in [0.15, 0.2) is 28.8 Å². The molecule has 0 aliphatic heterocycles. The van der Waals surface area contributed by atoms with Crippen LogP contribution < -0.4 is 21.7 Å². The van der Waals surface area contributed by atoms with Crippen molar-refractivity contribution < 1.29 is 18.9 Å². The van der Waals surface area contributed by atoms with Gasteiger partial charge in [-0.3, -0.25) is 9.59 Å². The van der Waals surface area contributed by atoms with Gasteiger partial charge in [0.25, 0.3) is 0 Å². The molecule has 1 atom stereocenters. The summed E-state index contributed by atoms with van der Waals surface area (Å²) in [6.45, 7) is 3.38. The van der Waals surface area contributed by atoms with Crippen molar-refractivity contribution >= 4 is 23.5 Å². The molecule has 4 amide bonds. The fraction of sp³-hybridized carbons (Fsp3) is 0.522. The minimum absolute atomic E-state index is 0.116. The van der Waals surface area contributed by atoms with Gasteiger partial charge in [0, 0.05) is 25.5 Å². The van der Waals surface area contributed by atoms with Gasteiger partial charge in [-0.2, -0.15) is 4.98 Å². The Hall–Kier alpha value is -3.43. The lowest BCUT2D eigenvalue weighted by Gasteiger charge is -2.30. The number of aromatic nitrogens is 2. The zero-order valence-electron chi connectivity index (χ0n) is 19.1.